The molecular formula is C18H21Cl2N3O2. The van der Waals surface area contributed by atoms with E-state index in [1.165, 1.54) is 6.42 Å². The van der Waals surface area contributed by atoms with E-state index in [-0.39, 0.29) is 12.1 Å². The van der Waals surface area contributed by atoms with Gasteiger partial charge in [0.25, 0.3) is 0 Å². The summed E-state index contributed by atoms with van der Waals surface area (Å²) in [5, 5.41) is 7.89. The second-order valence-electron chi connectivity index (χ2n) is 6.39. The number of rotatable bonds is 3. The Morgan fingerprint density at radius 3 is 2.52 bits per heavy atom. The average Bonchev–Trinajstić information content (AvgIpc) is 2.95. The topological polar surface area (TPSA) is 58.4 Å². The zero-order valence-electron chi connectivity index (χ0n) is 14.3. The number of halogens is 2. The molecule has 1 fully saturated rings. The molecule has 0 spiro atoms. The number of aromatic nitrogens is 1. The van der Waals surface area contributed by atoms with Crippen LogP contribution in [0.15, 0.2) is 22.7 Å². The first kappa shape index (κ1) is 18.1. The summed E-state index contributed by atoms with van der Waals surface area (Å²) < 4.78 is 5.29. The van der Waals surface area contributed by atoms with Crippen molar-refractivity contribution in [3.05, 3.63) is 34.0 Å². The molecule has 0 saturated heterocycles. The lowest BCUT2D eigenvalue weighted by Gasteiger charge is -2.31. The highest BCUT2D eigenvalue weighted by atomic mass is 35.5. The van der Waals surface area contributed by atoms with Crippen molar-refractivity contribution < 1.29 is 9.32 Å². The standard InChI is InChI=1S/C18H21Cl2N3O2/c1-11-16(21-18(24)23(2)12-7-4-3-5-8-12)17(22-25-11)15-13(19)9-6-10-14(15)20/h6,9-10,12H,3-5,7-8H2,1-2H3,(H,21,24). The Labute approximate surface area is 157 Å². The van der Waals surface area contributed by atoms with Crippen LogP contribution in [0.1, 0.15) is 37.9 Å². The fraction of sp³-hybridized carbons (Fsp3) is 0.444. The number of carbonyl (C=O) groups excluding carboxylic acids is 1. The van der Waals surface area contributed by atoms with Gasteiger partial charge in [-0.1, -0.05) is 53.7 Å². The Morgan fingerprint density at radius 1 is 1.24 bits per heavy atom. The summed E-state index contributed by atoms with van der Waals surface area (Å²) in [5.74, 6) is 0.511. The molecule has 1 aliphatic rings. The van der Waals surface area contributed by atoms with Gasteiger partial charge in [0.15, 0.2) is 5.76 Å². The van der Waals surface area contributed by atoms with Crippen molar-refractivity contribution in [2.75, 3.05) is 12.4 Å². The third kappa shape index (κ3) is 3.77. The number of urea groups is 1. The monoisotopic (exact) mass is 381 g/mol. The predicted molar refractivity (Wildman–Crippen MR) is 100 cm³/mol. The maximum Gasteiger partial charge on any atom is 0.321 e. The number of hydrogen-bond acceptors (Lipinski definition) is 3. The minimum atomic E-state index is -0.178. The summed E-state index contributed by atoms with van der Waals surface area (Å²) >= 11 is 12.6. The Balaban J connectivity index is 1.86. The number of nitrogens with zero attached hydrogens (tertiary/aromatic N) is 2. The van der Waals surface area contributed by atoms with Crippen LogP contribution in [0.4, 0.5) is 10.5 Å². The first-order valence-electron chi connectivity index (χ1n) is 8.43. The van der Waals surface area contributed by atoms with Crippen LogP contribution in [0.25, 0.3) is 11.3 Å². The van der Waals surface area contributed by atoms with Gasteiger partial charge in [-0.2, -0.15) is 0 Å². The van der Waals surface area contributed by atoms with E-state index in [2.05, 4.69) is 10.5 Å². The molecule has 5 nitrogen and oxygen atoms in total. The van der Waals surface area contributed by atoms with E-state index < -0.39 is 0 Å². The molecule has 0 radical (unpaired) electrons. The molecule has 1 N–H and O–H groups in total. The summed E-state index contributed by atoms with van der Waals surface area (Å²) in [4.78, 5) is 14.5. The van der Waals surface area contributed by atoms with Crippen LogP contribution in [0, 0.1) is 6.92 Å². The molecule has 25 heavy (non-hydrogen) atoms. The lowest BCUT2D eigenvalue weighted by Crippen LogP contribution is -2.41. The molecule has 0 unspecified atom stereocenters. The van der Waals surface area contributed by atoms with Crippen LogP contribution in [0.3, 0.4) is 0 Å². The van der Waals surface area contributed by atoms with Gasteiger partial charge < -0.3 is 14.7 Å². The van der Waals surface area contributed by atoms with E-state index in [1.54, 1.807) is 30.0 Å². The maximum absolute atomic E-state index is 12.7. The smallest absolute Gasteiger partial charge is 0.321 e. The van der Waals surface area contributed by atoms with Crippen LogP contribution in [0.5, 0.6) is 0 Å². The second kappa shape index (κ2) is 7.67. The third-order valence-electron chi connectivity index (χ3n) is 4.74. The summed E-state index contributed by atoms with van der Waals surface area (Å²) in [6.07, 6.45) is 5.64. The van der Waals surface area contributed by atoms with E-state index in [9.17, 15) is 4.79 Å². The third-order valence-corrected chi connectivity index (χ3v) is 5.37. The largest absolute Gasteiger partial charge is 0.359 e. The van der Waals surface area contributed by atoms with Gasteiger partial charge in [-0.25, -0.2) is 4.79 Å². The molecule has 134 valence electrons. The first-order valence-corrected chi connectivity index (χ1v) is 9.19. The van der Waals surface area contributed by atoms with Crippen LogP contribution < -0.4 is 5.32 Å². The molecule has 2 aromatic rings. The van der Waals surface area contributed by atoms with Gasteiger partial charge in [0.1, 0.15) is 11.4 Å². The number of carbonyl (C=O) groups is 1. The van der Waals surface area contributed by atoms with Crippen molar-refractivity contribution >= 4 is 34.9 Å². The van der Waals surface area contributed by atoms with Crippen molar-refractivity contribution in [2.45, 2.75) is 45.1 Å². The zero-order valence-corrected chi connectivity index (χ0v) is 15.8. The highest BCUT2D eigenvalue weighted by Gasteiger charge is 2.26. The van der Waals surface area contributed by atoms with E-state index >= 15 is 0 Å². The number of anilines is 1. The summed E-state index contributed by atoms with van der Waals surface area (Å²) in [5.41, 5.74) is 1.50. The van der Waals surface area contributed by atoms with E-state index in [4.69, 9.17) is 27.7 Å². The number of benzene rings is 1. The van der Waals surface area contributed by atoms with Gasteiger partial charge in [-0.3, -0.25) is 0 Å². The van der Waals surface area contributed by atoms with Crippen molar-refractivity contribution in [2.24, 2.45) is 0 Å². The van der Waals surface area contributed by atoms with Gasteiger partial charge in [0.2, 0.25) is 0 Å². The van der Waals surface area contributed by atoms with E-state index in [0.29, 0.717) is 32.8 Å². The minimum Gasteiger partial charge on any atom is -0.359 e. The number of amides is 2. The van der Waals surface area contributed by atoms with Crippen molar-refractivity contribution in [1.82, 2.24) is 10.1 Å². The molecule has 0 atom stereocenters. The average molecular weight is 382 g/mol. The quantitative estimate of drug-likeness (QED) is 0.735. The molecule has 7 heteroatoms. The first-order chi connectivity index (χ1) is 12.0. The molecule has 1 saturated carbocycles. The summed E-state index contributed by atoms with van der Waals surface area (Å²) in [7, 11) is 1.83. The maximum atomic E-state index is 12.7. The summed E-state index contributed by atoms with van der Waals surface area (Å²) in [6.45, 7) is 1.75. The highest BCUT2D eigenvalue weighted by molar-refractivity contribution is 6.39. The normalized spacial score (nSPS) is 15.2. The van der Waals surface area contributed by atoms with Crippen LogP contribution in [0.2, 0.25) is 10.0 Å². The van der Waals surface area contributed by atoms with Crippen LogP contribution in [-0.2, 0) is 0 Å². The molecule has 0 bridgehead atoms. The highest BCUT2D eigenvalue weighted by Crippen LogP contribution is 2.39. The van der Waals surface area contributed by atoms with Gasteiger partial charge in [0, 0.05) is 18.7 Å². The summed E-state index contributed by atoms with van der Waals surface area (Å²) in [6, 6.07) is 5.30. The molecule has 1 aromatic carbocycles. The lowest BCUT2D eigenvalue weighted by molar-refractivity contribution is 0.186. The number of hydrogen-bond donors (Lipinski definition) is 1. The predicted octanol–water partition coefficient (Wildman–Crippen LogP) is 5.75. The SMILES string of the molecule is Cc1onc(-c2c(Cl)cccc2Cl)c1NC(=O)N(C)C1CCCCC1. The van der Waals surface area contributed by atoms with Crippen molar-refractivity contribution in [1.29, 1.82) is 0 Å². The fourth-order valence-corrected chi connectivity index (χ4v) is 3.82. The molecule has 1 heterocycles. The Morgan fingerprint density at radius 2 is 1.88 bits per heavy atom. The van der Waals surface area contributed by atoms with Gasteiger partial charge in [-0.05, 0) is 31.9 Å². The van der Waals surface area contributed by atoms with Crippen molar-refractivity contribution in [3.8, 4) is 11.3 Å². The fourth-order valence-electron chi connectivity index (χ4n) is 3.24. The molecule has 1 aliphatic carbocycles. The second-order valence-corrected chi connectivity index (χ2v) is 7.21. The van der Waals surface area contributed by atoms with Gasteiger partial charge >= 0.3 is 6.03 Å². The molecule has 1 aromatic heterocycles. The number of aryl methyl sites for hydroxylation is 1. The Bertz CT molecular complexity index is 749. The Hall–Kier alpha value is -1.72. The minimum absolute atomic E-state index is 0.178. The van der Waals surface area contributed by atoms with Gasteiger partial charge in [-0.15, -0.1) is 0 Å². The van der Waals surface area contributed by atoms with Crippen LogP contribution >= 0.6 is 23.2 Å². The molecule has 2 amide bonds. The molecular weight excluding hydrogens is 361 g/mol. The number of nitrogens with one attached hydrogen (secondary N) is 1. The molecule has 3 rings (SSSR count). The van der Waals surface area contributed by atoms with E-state index in [0.717, 1.165) is 25.7 Å². The van der Waals surface area contributed by atoms with E-state index in [1.807, 2.05) is 7.05 Å². The lowest BCUT2D eigenvalue weighted by atomic mass is 9.95. The Kier molecular flexibility index (Phi) is 5.54. The van der Waals surface area contributed by atoms with Gasteiger partial charge in [0.05, 0.1) is 10.0 Å². The van der Waals surface area contributed by atoms with Crippen molar-refractivity contribution in [3.63, 3.8) is 0 Å². The molecule has 0 aliphatic heterocycles. The van der Waals surface area contributed by atoms with Crippen LogP contribution in [-0.4, -0.2) is 29.2 Å². The zero-order chi connectivity index (χ0) is 18.0.